The van der Waals surface area contributed by atoms with Crippen molar-refractivity contribution in [1.82, 2.24) is 5.32 Å². The van der Waals surface area contributed by atoms with E-state index in [1.807, 2.05) is 31.2 Å². The molecule has 0 aliphatic carbocycles. The van der Waals surface area contributed by atoms with Gasteiger partial charge in [0.25, 0.3) is 0 Å². The Kier molecular flexibility index (Phi) is 5.13. The molecule has 1 rings (SSSR count). The Hall–Kier alpha value is -2.04. The van der Waals surface area contributed by atoms with Gasteiger partial charge in [0, 0.05) is 6.42 Å². The second-order valence-corrected chi connectivity index (χ2v) is 5.43. The molecule has 0 radical (unpaired) electrons. The van der Waals surface area contributed by atoms with Gasteiger partial charge in [-0.2, -0.15) is 0 Å². The molecule has 0 aliphatic heterocycles. The van der Waals surface area contributed by atoms with Gasteiger partial charge in [0.15, 0.2) is 0 Å². The van der Waals surface area contributed by atoms with Crippen molar-refractivity contribution in [3.63, 3.8) is 0 Å². The van der Waals surface area contributed by atoms with Gasteiger partial charge in [0.2, 0.25) is 5.91 Å². The number of carboxylic acids is 1. The van der Waals surface area contributed by atoms with Crippen molar-refractivity contribution < 1.29 is 19.4 Å². The van der Waals surface area contributed by atoms with Crippen molar-refractivity contribution in [3.8, 4) is 5.75 Å². The molecule has 1 aromatic rings. The molecule has 0 aromatic heterocycles. The van der Waals surface area contributed by atoms with Crippen molar-refractivity contribution in [2.45, 2.75) is 33.2 Å². The van der Waals surface area contributed by atoms with Gasteiger partial charge in [-0.05, 0) is 38.5 Å². The maximum absolute atomic E-state index is 11.9. The van der Waals surface area contributed by atoms with E-state index in [1.54, 1.807) is 7.11 Å². The first kappa shape index (κ1) is 16.0. The summed E-state index contributed by atoms with van der Waals surface area (Å²) in [5.74, 6) is -0.509. The predicted octanol–water partition coefficient (Wildman–Crippen LogP) is 2.37. The fourth-order valence-electron chi connectivity index (χ4n) is 1.75. The molecule has 0 saturated heterocycles. The quantitative estimate of drug-likeness (QED) is 0.838. The van der Waals surface area contributed by atoms with Crippen LogP contribution < -0.4 is 10.1 Å². The topological polar surface area (TPSA) is 75.6 Å². The van der Waals surface area contributed by atoms with Gasteiger partial charge < -0.3 is 15.2 Å². The van der Waals surface area contributed by atoms with Crippen LogP contribution in [0.4, 0.5) is 0 Å². The van der Waals surface area contributed by atoms with Gasteiger partial charge in [-0.15, -0.1) is 0 Å². The Morgan fingerprint density at radius 2 is 1.85 bits per heavy atom. The minimum Gasteiger partial charge on any atom is -0.497 e. The zero-order chi connectivity index (χ0) is 15.3. The lowest BCUT2D eigenvalue weighted by Crippen LogP contribution is -2.34. The minimum absolute atomic E-state index is 0.0527. The molecule has 0 unspecified atom stereocenters. The summed E-state index contributed by atoms with van der Waals surface area (Å²) in [5, 5.41) is 11.8. The molecule has 1 aromatic carbocycles. The maximum atomic E-state index is 11.9. The number of ether oxygens (including phenoxy) is 1. The van der Waals surface area contributed by atoms with Crippen LogP contribution in [0.3, 0.4) is 0 Å². The van der Waals surface area contributed by atoms with Gasteiger partial charge in [0.05, 0.1) is 18.6 Å². The summed E-state index contributed by atoms with van der Waals surface area (Å²) in [6, 6.07) is 7.19. The monoisotopic (exact) mass is 279 g/mol. The van der Waals surface area contributed by atoms with Gasteiger partial charge in [-0.1, -0.05) is 12.1 Å². The molecule has 0 spiro atoms. The first-order valence-electron chi connectivity index (χ1n) is 6.43. The van der Waals surface area contributed by atoms with Crippen molar-refractivity contribution in [3.05, 3.63) is 29.8 Å². The lowest BCUT2D eigenvalue weighted by atomic mass is 9.89. The Bertz CT molecular complexity index is 479. The summed E-state index contributed by atoms with van der Waals surface area (Å²) >= 11 is 0. The number of aliphatic carboxylic acids is 1. The van der Waals surface area contributed by atoms with Crippen molar-refractivity contribution in [2.24, 2.45) is 5.41 Å². The number of methoxy groups -OCH3 is 1. The summed E-state index contributed by atoms with van der Waals surface area (Å²) < 4.78 is 5.07. The molecule has 20 heavy (non-hydrogen) atoms. The van der Waals surface area contributed by atoms with E-state index in [0.717, 1.165) is 11.3 Å². The number of benzene rings is 1. The number of hydrogen-bond donors (Lipinski definition) is 2. The molecule has 0 fully saturated rings. The third kappa shape index (κ3) is 4.26. The third-order valence-electron chi connectivity index (χ3n) is 3.17. The zero-order valence-electron chi connectivity index (χ0n) is 12.3. The molecule has 5 nitrogen and oxygen atoms in total. The summed E-state index contributed by atoms with van der Waals surface area (Å²) in [5.41, 5.74) is -0.128. The number of amides is 1. The minimum atomic E-state index is -1.07. The second-order valence-electron chi connectivity index (χ2n) is 5.43. The number of nitrogens with one attached hydrogen (secondary N) is 1. The third-order valence-corrected chi connectivity index (χ3v) is 3.17. The summed E-state index contributed by atoms with van der Waals surface area (Å²) in [4.78, 5) is 22.9. The molecule has 0 aliphatic rings. The van der Waals surface area contributed by atoms with Gasteiger partial charge in [0.1, 0.15) is 5.75 Å². The molecule has 1 atom stereocenters. The van der Waals surface area contributed by atoms with Crippen LogP contribution in [0.1, 0.15) is 38.8 Å². The van der Waals surface area contributed by atoms with Crippen LogP contribution in [-0.4, -0.2) is 24.1 Å². The van der Waals surface area contributed by atoms with Gasteiger partial charge in [-0.25, -0.2) is 0 Å². The van der Waals surface area contributed by atoms with E-state index in [9.17, 15) is 9.59 Å². The van der Waals surface area contributed by atoms with Crippen LogP contribution in [0.5, 0.6) is 5.75 Å². The van der Waals surface area contributed by atoms with Crippen LogP contribution in [0.25, 0.3) is 0 Å². The number of carbonyl (C=O) groups excluding carboxylic acids is 1. The number of rotatable bonds is 6. The van der Waals surface area contributed by atoms with E-state index in [2.05, 4.69) is 5.32 Å². The Labute approximate surface area is 118 Å². The fraction of sp³-hybridized carbons (Fsp3) is 0.467. The number of hydrogen-bond acceptors (Lipinski definition) is 3. The molecule has 5 heteroatoms. The molecule has 0 bridgehead atoms. The lowest BCUT2D eigenvalue weighted by Gasteiger charge is -2.21. The molecular formula is C15H21NO4. The summed E-state index contributed by atoms with van der Waals surface area (Å²) in [6.45, 7) is 4.92. The van der Waals surface area contributed by atoms with Crippen LogP contribution >= 0.6 is 0 Å². The molecule has 2 N–H and O–H groups in total. The SMILES string of the molecule is COc1ccc([C@@H](C)NC(=O)CC(C)(C)C(=O)O)cc1. The highest BCUT2D eigenvalue weighted by Gasteiger charge is 2.30. The predicted molar refractivity (Wildman–Crippen MR) is 75.6 cm³/mol. The standard InChI is InChI=1S/C15H21NO4/c1-10(11-5-7-12(20-4)8-6-11)16-13(17)9-15(2,3)14(18)19/h5-8,10H,9H2,1-4H3,(H,16,17)(H,18,19)/t10-/m1/s1. The summed E-state index contributed by atoms with van der Waals surface area (Å²) in [6.07, 6.45) is -0.0527. The maximum Gasteiger partial charge on any atom is 0.309 e. The largest absolute Gasteiger partial charge is 0.497 e. The van der Waals surface area contributed by atoms with Crippen LogP contribution in [0.2, 0.25) is 0 Å². The van der Waals surface area contributed by atoms with Gasteiger partial charge in [-0.3, -0.25) is 9.59 Å². The van der Waals surface area contributed by atoms with E-state index in [1.165, 1.54) is 13.8 Å². The highest BCUT2D eigenvalue weighted by atomic mass is 16.5. The average Bonchev–Trinajstić information content (AvgIpc) is 2.37. The Morgan fingerprint density at radius 1 is 1.30 bits per heavy atom. The Morgan fingerprint density at radius 3 is 2.30 bits per heavy atom. The summed E-state index contributed by atoms with van der Waals surface area (Å²) in [7, 11) is 1.59. The van der Waals surface area contributed by atoms with E-state index < -0.39 is 11.4 Å². The van der Waals surface area contributed by atoms with Gasteiger partial charge >= 0.3 is 5.97 Å². The number of carboxylic acid groups (broad SMARTS) is 1. The smallest absolute Gasteiger partial charge is 0.309 e. The lowest BCUT2D eigenvalue weighted by molar-refractivity contribution is -0.149. The first-order chi connectivity index (χ1) is 9.26. The second kappa shape index (κ2) is 6.41. The molecular weight excluding hydrogens is 258 g/mol. The van der Waals surface area contributed by atoms with Crippen molar-refractivity contribution in [1.29, 1.82) is 0 Å². The van der Waals surface area contributed by atoms with E-state index >= 15 is 0 Å². The van der Waals surface area contributed by atoms with Crippen LogP contribution in [-0.2, 0) is 9.59 Å². The Balaban J connectivity index is 2.63. The van der Waals surface area contributed by atoms with Crippen molar-refractivity contribution in [2.75, 3.05) is 7.11 Å². The first-order valence-corrected chi connectivity index (χ1v) is 6.43. The highest BCUT2D eigenvalue weighted by Crippen LogP contribution is 2.22. The average molecular weight is 279 g/mol. The van der Waals surface area contributed by atoms with E-state index in [0.29, 0.717) is 0 Å². The number of carbonyl (C=O) groups is 2. The van der Waals surface area contributed by atoms with Crippen molar-refractivity contribution >= 4 is 11.9 Å². The van der Waals surface area contributed by atoms with Crippen LogP contribution in [0, 0.1) is 5.41 Å². The molecule has 0 heterocycles. The molecule has 110 valence electrons. The van der Waals surface area contributed by atoms with Crippen LogP contribution in [0.15, 0.2) is 24.3 Å². The van der Waals surface area contributed by atoms with E-state index in [-0.39, 0.29) is 18.4 Å². The molecule has 0 saturated carbocycles. The van der Waals surface area contributed by atoms with E-state index in [4.69, 9.17) is 9.84 Å². The fourth-order valence-corrected chi connectivity index (χ4v) is 1.75. The normalized spacial score (nSPS) is 12.6. The molecule has 1 amide bonds. The highest BCUT2D eigenvalue weighted by molar-refractivity contribution is 5.84. The zero-order valence-corrected chi connectivity index (χ0v) is 12.3.